The third-order valence-corrected chi connectivity index (χ3v) is 4.33. The molecule has 0 spiro atoms. The first-order valence-electron chi connectivity index (χ1n) is 6.54. The van der Waals surface area contributed by atoms with Crippen LogP contribution in [0.25, 0.3) is 0 Å². The van der Waals surface area contributed by atoms with Gasteiger partial charge in [0.2, 0.25) is 0 Å². The fraction of sp³-hybridized carbons (Fsp3) is 0.250. The maximum Gasteiger partial charge on any atom is 0.162 e. The molecule has 4 heteroatoms. The lowest BCUT2D eigenvalue weighted by molar-refractivity contribution is 0.171. The molecule has 2 aromatic carbocycles. The van der Waals surface area contributed by atoms with E-state index in [-0.39, 0.29) is 6.61 Å². The average molecular weight is 288 g/mol. The molecule has 1 aliphatic heterocycles. The van der Waals surface area contributed by atoms with Crippen LogP contribution >= 0.6 is 11.8 Å². The van der Waals surface area contributed by atoms with Crippen molar-refractivity contribution in [3.05, 3.63) is 47.5 Å². The van der Waals surface area contributed by atoms with E-state index in [9.17, 15) is 0 Å². The van der Waals surface area contributed by atoms with Gasteiger partial charge in [0.25, 0.3) is 0 Å². The maximum atomic E-state index is 9.14. The van der Waals surface area contributed by atoms with E-state index in [4.69, 9.17) is 14.6 Å². The number of rotatable bonds is 3. The van der Waals surface area contributed by atoms with Gasteiger partial charge >= 0.3 is 0 Å². The Bertz CT molecular complexity index is 625. The number of aryl methyl sites for hydroxylation is 1. The number of fused-ring (bicyclic) bond motifs is 1. The van der Waals surface area contributed by atoms with Gasteiger partial charge in [-0.2, -0.15) is 0 Å². The standard InChI is InChI=1S/C16H16O3S/c1-11-8-12(10-17)2-5-16(11)20-13-3-4-14-15(9-13)19-7-6-18-14/h2-5,8-9,17H,6-7,10H2,1H3. The number of aliphatic hydroxyl groups excluding tert-OH is 1. The zero-order chi connectivity index (χ0) is 13.9. The van der Waals surface area contributed by atoms with Gasteiger partial charge in [0, 0.05) is 9.79 Å². The fourth-order valence-corrected chi connectivity index (χ4v) is 3.05. The Morgan fingerprint density at radius 2 is 1.85 bits per heavy atom. The summed E-state index contributed by atoms with van der Waals surface area (Å²) in [5.74, 6) is 1.62. The summed E-state index contributed by atoms with van der Waals surface area (Å²) in [5.41, 5.74) is 2.10. The van der Waals surface area contributed by atoms with Crippen LogP contribution in [0.4, 0.5) is 0 Å². The van der Waals surface area contributed by atoms with Gasteiger partial charge in [0.15, 0.2) is 11.5 Å². The van der Waals surface area contributed by atoms with Crippen LogP contribution in [-0.4, -0.2) is 18.3 Å². The van der Waals surface area contributed by atoms with Crippen LogP contribution in [0.5, 0.6) is 11.5 Å². The summed E-state index contributed by atoms with van der Waals surface area (Å²) < 4.78 is 11.1. The van der Waals surface area contributed by atoms with Crippen LogP contribution < -0.4 is 9.47 Å². The Kier molecular flexibility index (Phi) is 3.85. The lowest BCUT2D eigenvalue weighted by Gasteiger charge is -2.18. The second-order valence-corrected chi connectivity index (χ2v) is 5.78. The molecule has 0 amide bonds. The van der Waals surface area contributed by atoms with Crippen LogP contribution in [0.3, 0.4) is 0 Å². The number of hydrogen-bond donors (Lipinski definition) is 1. The normalized spacial score (nSPS) is 13.3. The zero-order valence-corrected chi connectivity index (χ0v) is 12.1. The quantitative estimate of drug-likeness (QED) is 0.939. The number of aliphatic hydroxyl groups is 1. The first-order valence-corrected chi connectivity index (χ1v) is 7.36. The van der Waals surface area contributed by atoms with E-state index in [1.54, 1.807) is 11.8 Å². The van der Waals surface area contributed by atoms with Crippen molar-refractivity contribution >= 4 is 11.8 Å². The Labute approximate surface area is 122 Å². The molecule has 0 saturated heterocycles. The van der Waals surface area contributed by atoms with Crippen LogP contribution in [0.1, 0.15) is 11.1 Å². The summed E-state index contributed by atoms with van der Waals surface area (Å²) >= 11 is 1.69. The first-order chi connectivity index (χ1) is 9.76. The molecule has 0 aromatic heterocycles. The Hall–Kier alpha value is -1.65. The van der Waals surface area contributed by atoms with Gasteiger partial charge in [0.1, 0.15) is 13.2 Å². The monoisotopic (exact) mass is 288 g/mol. The van der Waals surface area contributed by atoms with E-state index in [2.05, 4.69) is 6.92 Å². The fourth-order valence-electron chi connectivity index (χ4n) is 2.14. The van der Waals surface area contributed by atoms with Crippen LogP contribution in [0, 0.1) is 6.92 Å². The molecule has 0 bridgehead atoms. The third kappa shape index (κ3) is 2.76. The van der Waals surface area contributed by atoms with Gasteiger partial charge in [-0.15, -0.1) is 0 Å². The summed E-state index contributed by atoms with van der Waals surface area (Å²) in [6.07, 6.45) is 0. The van der Waals surface area contributed by atoms with Crippen LogP contribution in [0.15, 0.2) is 46.2 Å². The summed E-state index contributed by atoms with van der Waals surface area (Å²) in [5, 5.41) is 9.14. The van der Waals surface area contributed by atoms with E-state index in [1.807, 2.05) is 36.4 Å². The second-order valence-electron chi connectivity index (χ2n) is 4.67. The summed E-state index contributed by atoms with van der Waals surface area (Å²) in [4.78, 5) is 2.30. The molecular formula is C16H16O3S. The molecule has 0 atom stereocenters. The van der Waals surface area contributed by atoms with Crippen molar-refractivity contribution in [2.45, 2.75) is 23.3 Å². The summed E-state index contributed by atoms with van der Waals surface area (Å²) in [6, 6.07) is 12.0. The van der Waals surface area contributed by atoms with Gasteiger partial charge in [-0.25, -0.2) is 0 Å². The molecule has 1 aliphatic rings. The number of benzene rings is 2. The Balaban J connectivity index is 1.84. The highest BCUT2D eigenvalue weighted by molar-refractivity contribution is 7.99. The molecule has 0 fully saturated rings. The van der Waals surface area contributed by atoms with Gasteiger partial charge < -0.3 is 14.6 Å². The molecule has 1 heterocycles. The molecule has 0 radical (unpaired) electrons. The SMILES string of the molecule is Cc1cc(CO)ccc1Sc1ccc2c(c1)OCCO2. The lowest BCUT2D eigenvalue weighted by atomic mass is 10.1. The van der Waals surface area contributed by atoms with Crippen molar-refractivity contribution in [1.29, 1.82) is 0 Å². The van der Waals surface area contributed by atoms with E-state index >= 15 is 0 Å². The minimum Gasteiger partial charge on any atom is -0.486 e. The molecule has 3 nitrogen and oxygen atoms in total. The zero-order valence-electron chi connectivity index (χ0n) is 11.3. The minimum absolute atomic E-state index is 0.0792. The first kappa shape index (κ1) is 13.3. The van der Waals surface area contributed by atoms with Crippen molar-refractivity contribution in [3.8, 4) is 11.5 Å². The second kappa shape index (κ2) is 5.77. The van der Waals surface area contributed by atoms with Gasteiger partial charge in [-0.05, 0) is 42.3 Å². The topological polar surface area (TPSA) is 38.7 Å². The van der Waals surface area contributed by atoms with Gasteiger partial charge in [0.05, 0.1) is 6.61 Å². The highest BCUT2D eigenvalue weighted by atomic mass is 32.2. The van der Waals surface area contributed by atoms with Crippen molar-refractivity contribution < 1.29 is 14.6 Å². The highest BCUT2D eigenvalue weighted by Crippen LogP contribution is 2.37. The molecular weight excluding hydrogens is 272 g/mol. The molecule has 3 rings (SSSR count). The van der Waals surface area contributed by atoms with E-state index < -0.39 is 0 Å². The average Bonchev–Trinajstić information content (AvgIpc) is 2.49. The van der Waals surface area contributed by atoms with E-state index in [1.165, 1.54) is 4.90 Å². The smallest absolute Gasteiger partial charge is 0.162 e. The largest absolute Gasteiger partial charge is 0.486 e. The van der Waals surface area contributed by atoms with Crippen LogP contribution in [-0.2, 0) is 6.61 Å². The van der Waals surface area contributed by atoms with E-state index in [0.717, 1.165) is 27.5 Å². The lowest BCUT2D eigenvalue weighted by Crippen LogP contribution is -2.15. The molecule has 0 unspecified atom stereocenters. The summed E-state index contributed by atoms with van der Waals surface area (Å²) in [6.45, 7) is 3.35. The predicted molar refractivity (Wildman–Crippen MR) is 78.7 cm³/mol. The predicted octanol–water partition coefficient (Wildman–Crippen LogP) is 3.41. The van der Waals surface area contributed by atoms with Crippen molar-refractivity contribution in [2.75, 3.05) is 13.2 Å². The van der Waals surface area contributed by atoms with Gasteiger partial charge in [-0.1, -0.05) is 23.9 Å². The molecule has 0 saturated carbocycles. The highest BCUT2D eigenvalue weighted by Gasteiger charge is 2.12. The third-order valence-electron chi connectivity index (χ3n) is 3.16. The number of hydrogen-bond acceptors (Lipinski definition) is 4. The van der Waals surface area contributed by atoms with Crippen molar-refractivity contribution in [2.24, 2.45) is 0 Å². The van der Waals surface area contributed by atoms with Crippen LogP contribution in [0.2, 0.25) is 0 Å². The minimum atomic E-state index is 0.0792. The van der Waals surface area contributed by atoms with Crippen molar-refractivity contribution in [1.82, 2.24) is 0 Å². The maximum absolute atomic E-state index is 9.14. The Morgan fingerprint density at radius 3 is 2.60 bits per heavy atom. The number of ether oxygens (including phenoxy) is 2. The van der Waals surface area contributed by atoms with Crippen molar-refractivity contribution in [3.63, 3.8) is 0 Å². The molecule has 1 N–H and O–H groups in total. The molecule has 20 heavy (non-hydrogen) atoms. The Morgan fingerprint density at radius 1 is 1.05 bits per heavy atom. The molecule has 104 valence electrons. The molecule has 2 aromatic rings. The van der Waals surface area contributed by atoms with E-state index in [0.29, 0.717) is 13.2 Å². The molecule has 0 aliphatic carbocycles. The summed E-state index contributed by atoms with van der Waals surface area (Å²) in [7, 11) is 0. The van der Waals surface area contributed by atoms with Gasteiger partial charge in [-0.3, -0.25) is 0 Å².